The van der Waals surface area contributed by atoms with Gasteiger partial charge >= 0.3 is 0 Å². The molecule has 0 bridgehead atoms. The largest absolute Gasteiger partial charge is 0.275 e. The maximum Gasteiger partial charge on any atom is 0.148 e. The summed E-state index contributed by atoms with van der Waals surface area (Å²) in [6.45, 7) is 8.17. The smallest absolute Gasteiger partial charge is 0.148 e. The maximum absolute atomic E-state index is 13.2. The highest BCUT2D eigenvalue weighted by atomic mass is 19.1. The third-order valence-corrected chi connectivity index (χ3v) is 2.22. The lowest BCUT2D eigenvalue weighted by Crippen LogP contribution is -1.89. The van der Waals surface area contributed by atoms with Gasteiger partial charge < -0.3 is 0 Å². The Bertz CT molecular complexity index is 432. The van der Waals surface area contributed by atoms with Gasteiger partial charge in [0.2, 0.25) is 0 Å². The Morgan fingerprint density at radius 3 is 2.53 bits per heavy atom. The van der Waals surface area contributed by atoms with Crippen molar-refractivity contribution in [1.82, 2.24) is 10.2 Å². The number of aromatic nitrogens is 2. The second-order valence-electron chi connectivity index (χ2n) is 3.45. The van der Waals surface area contributed by atoms with Crippen molar-refractivity contribution in [2.75, 3.05) is 0 Å². The first-order valence-electron chi connectivity index (χ1n) is 5.31. The summed E-state index contributed by atoms with van der Waals surface area (Å²) in [5.74, 6) is 0.151. The molecule has 1 aromatic carbocycles. The van der Waals surface area contributed by atoms with Crippen molar-refractivity contribution in [3.05, 3.63) is 29.7 Å². The van der Waals surface area contributed by atoms with Gasteiger partial charge in [0.25, 0.3) is 0 Å². The molecule has 2 aromatic rings. The molecule has 0 saturated heterocycles. The Morgan fingerprint density at radius 1 is 1.27 bits per heavy atom. The van der Waals surface area contributed by atoms with Gasteiger partial charge in [-0.2, -0.15) is 5.10 Å². The minimum absolute atomic E-state index is 0.239. The van der Waals surface area contributed by atoms with E-state index in [1.54, 1.807) is 6.20 Å². The summed E-state index contributed by atoms with van der Waals surface area (Å²) < 4.78 is 13.2. The van der Waals surface area contributed by atoms with E-state index in [0.717, 1.165) is 10.9 Å². The van der Waals surface area contributed by atoms with Crippen molar-refractivity contribution in [3.63, 3.8) is 0 Å². The maximum atomic E-state index is 13.2. The van der Waals surface area contributed by atoms with Crippen molar-refractivity contribution in [2.45, 2.75) is 33.6 Å². The average Bonchev–Trinajstić information content (AvgIpc) is 2.70. The van der Waals surface area contributed by atoms with Crippen molar-refractivity contribution in [2.24, 2.45) is 0 Å². The van der Waals surface area contributed by atoms with Crippen LogP contribution < -0.4 is 0 Å². The first-order valence-corrected chi connectivity index (χ1v) is 5.31. The highest BCUT2D eigenvalue weighted by Crippen LogP contribution is 2.25. The average molecular weight is 208 g/mol. The fourth-order valence-corrected chi connectivity index (χ4v) is 1.53. The van der Waals surface area contributed by atoms with Crippen LogP contribution in [-0.4, -0.2) is 10.2 Å². The molecule has 0 radical (unpaired) electrons. The lowest BCUT2D eigenvalue weighted by molar-refractivity contribution is 0.635. The number of nitrogens with zero attached hydrogens (tertiary/aromatic N) is 1. The van der Waals surface area contributed by atoms with Crippen molar-refractivity contribution >= 4 is 10.9 Å². The van der Waals surface area contributed by atoms with Crippen LogP contribution in [0.1, 0.15) is 39.2 Å². The van der Waals surface area contributed by atoms with E-state index in [2.05, 4.69) is 24.0 Å². The fourth-order valence-electron chi connectivity index (χ4n) is 1.53. The zero-order valence-electron chi connectivity index (χ0n) is 9.63. The number of rotatable bonds is 1. The van der Waals surface area contributed by atoms with E-state index in [0.29, 0.717) is 11.4 Å². The van der Waals surface area contributed by atoms with Gasteiger partial charge in [0, 0.05) is 5.39 Å². The molecule has 15 heavy (non-hydrogen) atoms. The number of nitrogens with one attached hydrogen (secondary N) is 1. The Hall–Kier alpha value is -1.38. The number of H-pyrrole nitrogens is 1. The van der Waals surface area contributed by atoms with E-state index in [1.807, 2.05) is 19.9 Å². The lowest BCUT2D eigenvalue weighted by Gasteiger charge is -2.06. The summed E-state index contributed by atoms with van der Waals surface area (Å²) in [5, 5.41) is 7.38. The van der Waals surface area contributed by atoms with E-state index >= 15 is 0 Å². The Labute approximate surface area is 89.5 Å². The molecule has 0 atom stereocenters. The first-order chi connectivity index (χ1) is 7.20. The first kappa shape index (κ1) is 11.7. The molecule has 0 aliphatic heterocycles. The van der Waals surface area contributed by atoms with Gasteiger partial charge in [-0.3, -0.25) is 5.10 Å². The predicted molar refractivity (Wildman–Crippen MR) is 61.5 cm³/mol. The van der Waals surface area contributed by atoms with Gasteiger partial charge in [-0.05, 0) is 17.5 Å². The van der Waals surface area contributed by atoms with E-state index in [1.165, 1.54) is 6.07 Å². The van der Waals surface area contributed by atoms with Crippen LogP contribution in [0.4, 0.5) is 4.39 Å². The number of halogens is 1. The molecule has 2 rings (SSSR count). The summed E-state index contributed by atoms with van der Waals surface area (Å²) in [5.41, 5.74) is 1.64. The van der Waals surface area contributed by atoms with Crippen LogP contribution >= 0.6 is 0 Å². The van der Waals surface area contributed by atoms with Crippen LogP contribution in [0.15, 0.2) is 18.3 Å². The van der Waals surface area contributed by atoms with Gasteiger partial charge in [-0.25, -0.2) is 4.39 Å². The Kier molecular flexibility index (Phi) is 3.83. The van der Waals surface area contributed by atoms with Crippen LogP contribution in [0.3, 0.4) is 0 Å². The lowest BCUT2D eigenvalue weighted by atomic mass is 9.99. The van der Waals surface area contributed by atoms with Crippen LogP contribution in [0.25, 0.3) is 10.9 Å². The minimum Gasteiger partial charge on any atom is -0.275 e. The third kappa shape index (κ3) is 2.17. The highest BCUT2D eigenvalue weighted by molar-refractivity contribution is 5.82. The molecule has 0 spiro atoms. The summed E-state index contributed by atoms with van der Waals surface area (Å²) in [7, 11) is 0. The Balaban J connectivity index is 0.000000531. The van der Waals surface area contributed by atoms with Crippen LogP contribution in [0.2, 0.25) is 0 Å². The zero-order chi connectivity index (χ0) is 11.4. The molecule has 1 heterocycles. The SMILES string of the molecule is CC.CC(C)c1ccc(F)c2[nH]ncc12. The topological polar surface area (TPSA) is 28.7 Å². The molecule has 82 valence electrons. The number of aromatic amines is 1. The second-order valence-corrected chi connectivity index (χ2v) is 3.45. The molecule has 1 N–H and O–H groups in total. The molecular formula is C12H17FN2. The summed E-state index contributed by atoms with van der Waals surface area (Å²) in [4.78, 5) is 0. The molecule has 2 nitrogen and oxygen atoms in total. The van der Waals surface area contributed by atoms with Crippen molar-refractivity contribution < 1.29 is 4.39 Å². The number of hydrogen-bond donors (Lipinski definition) is 1. The summed E-state index contributed by atoms with van der Waals surface area (Å²) >= 11 is 0. The highest BCUT2D eigenvalue weighted by Gasteiger charge is 2.09. The Morgan fingerprint density at radius 2 is 1.93 bits per heavy atom. The van der Waals surface area contributed by atoms with Crippen LogP contribution in [0, 0.1) is 5.82 Å². The molecule has 0 aliphatic carbocycles. The van der Waals surface area contributed by atoms with E-state index in [4.69, 9.17) is 0 Å². The van der Waals surface area contributed by atoms with E-state index < -0.39 is 0 Å². The van der Waals surface area contributed by atoms with E-state index in [-0.39, 0.29) is 5.82 Å². The minimum atomic E-state index is -0.239. The van der Waals surface area contributed by atoms with Crippen molar-refractivity contribution in [1.29, 1.82) is 0 Å². The molecule has 1 aromatic heterocycles. The quantitative estimate of drug-likeness (QED) is 0.757. The van der Waals surface area contributed by atoms with Gasteiger partial charge in [0.1, 0.15) is 11.3 Å². The number of hydrogen-bond acceptors (Lipinski definition) is 1. The molecule has 0 fully saturated rings. The molecule has 0 aliphatic rings. The molecule has 0 saturated carbocycles. The van der Waals surface area contributed by atoms with E-state index in [9.17, 15) is 4.39 Å². The molecule has 0 unspecified atom stereocenters. The van der Waals surface area contributed by atoms with Gasteiger partial charge in [0.05, 0.1) is 6.20 Å². The number of benzene rings is 1. The molecule has 3 heteroatoms. The zero-order valence-corrected chi connectivity index (χ0v) is 9.63. The number of fused-ring (bicyclic) bond motifs is 1. The van der Waals surface area contributed by atoms with Gasteiger partial charge in [-0.1, -0.05) is 33.8 Å². The van der Waals surface area contributed by atoms with Gasteiger partial charge in [-0.15, -0.1) is 0 Å². The molecule has 0 amide bonds. The fraction of sp³-hybridized carbons (Fsp3) is 0.417. The molecular weight excluding hydrogens is 191 g/mol. The standard InChI is InChI=1S/C10H11FN2.C2H6/c1-6(2)7-3-4-9(11)10-8(7)5-12-13-10;1-2/h3-6H,1-2H3,(H,12,13);1-2H3. The summed E-state index contributed by atoms with van der Waals surface area (Å²) in [6.07, 6.45) is 1.67. The van der Waals surface area contributed by atoms with Gasteiger partial charge in [0.15, 0.2) is 0 Å². The summed E-state index contributed by atoms with van der Waals surface area (Å²) in [6, 6.07) is 3.30. The predicted octanol–water partition coefficient (Wildman–Crippen LogP) is 3.85. The van der Waals surface area contributed by atoms with Crippen LogP contribution in [-0.2, 0) is 0 Å². The normalized spacial score (nSPS) is 10.3. The second kappa shape index (κ2) is 4.91. The monoisotopic (exact) mass is 208 g/mol. The van der Waals surface area contributed by atoms with Crippen molar-refractivity contribution in [3.8, 4) is 0 Å². The van der Waals surface area contributed by atoms with Crippen LogP contribution in [0.5, 0.6) is 0 Å². The third-order valence-electron chi connectivity index (χ3n) is 2.22.